The largest absolute Gasteiger partial charge is 0.515 e. The molecule has 0 fully saturated rings. The van der Waals surface area contributed by atoms with E-state index >= 15 is 0 Å². The number of hydrogen-bond acceptors (Lipinski definition) is 4. The van der Waals surface area contributed by atoms with E-state index in [1.807, 2.05) is 0 Å². The third kappa shape index (κ3) is 4.97. The lowest BCUT2D eigenvalue weighted by molar-refractivity contribution is -0.139. The van der Waals surface area contributed by atoms with Crippen molar-refractivity contribution >= 4 is 12.1 Å². The molecule has 0 rings (SSSR count). The number of ether oxygens (including phenoxy) is 2. The van der Waals surface area contributed by atoms with Crippen molar-refractivity contribution in [2.45, 2.75) is 12.8 Å². The Morgan fingerprint density at radius 2 is 2.18 bits per heavy atom. The fourth-order valence-corrected chi connectivity index (χ4v) is 0.360. The molecular weight excluding hydrogens is 148 g/mol. The molecule has 0 spiro atoms. The molecule has 0 heterocycles. The van der Waals surface area contributed by atoms with Crippen molar-refractivity contribution in [1.29, 1.82) is 0 Å². The van der Waals surface area contributed by atoms with Crippen LogP contribution in [0.4, 0.5) is 4.79 Å². The Hall–Kier alpha value is -1.50. The molecule has 0 amide bonds. The Morgan fingerprint density at radius 3 is 2.64 bits per heavy atom. The van der Waals surface area contributed by atoms with Crippen molar-refractivity contribution in [3.8, 4) is 12.3 Å². The molecule has 0 aromatic heterocycles. The van der Waals surface area contributed by atoms with Crippen LogP contribution in [0.25, 0.3) is 0 Å². The van der Waals surface area contributed by atoms with Gasteiger partial charge >= 0.3 is 12.1 Å². The summed E-state index contributed by atoms with van der Waals surface area (Å²) in [6.45, 7) is 0. The fourth-order valence-electron chi connectivity index (χ4n) is 0.360. The summed E-state index contributed by atoms with van der Waals surface area (Å²) in [5, 5.41) is 0. The second kappa shape index (κ2) is 5.30. The Balaban J connectivity index is 3.54. The number of carbonyl (C=O) groups excluding carboxylic acids is 2. The molecule has 0 bridgehead atoms. The summed E-state index contributed by atoms with van der Waals surface area (Å²) >= 11 is 0. The zero-order valence-corrected chi connectivity index (χ0v) is 6.12. The minimum absolute atomic E-state index is 0.0333. The molecule has 0 aliphatic rings. The van der Waals surface area contributed by atoms with Crippen LogP contribution in [0.1, 0.15) is 12.8 Å². The van der Waals surface area contributed by atoms with Gasteiger partial charge in [0.1, 0.15) is 0 Å². The number of terminal acetylenes is 1. The van der Waals surface area contributed by atoms with E-state index in [1.165, 1.54) is 0 Å². The quantitative estimate of drug-likeness (QED) is 0.335. The average Bonchev–Trinajstić information content (AvgIpc) is 2.00. The highest BCUT2D eigenvalue weighted by Crippen LogP contribution is 1.92. The Bertz CT molecular complexity index is 189. The third-order valence-electron chi connectivity index (χ3n) is 0.837. The van der Waals surface area contributed by atoms with Crippen molar-refractivity contribution in [1.82, 2.24) is 0 Å². The van der Waals surface area contributed by atoms with Crippen LogP contribution < -0.4 is 0 Å². The van der Waals surface area contributed by atoms with Gasteiger partial charge in [0.2, 0.25) is 0 Å². The SMILES string of the molecule is C#CCCC(=O)OC(=O)OC. The molecule has 4 nitrogen and oxygen atoms in total. The van der Waals surface area contributed by atoms with Gasteiger partial charge in [-0.05, 0) is 0 Å². The van der Waals surface area contributed by atoms with E-state index in [9.17, 15) is 9.59 Å². The Morgan fingerprint density at radius 1 is 1.55 bits per heavy atom. The van der Waals surface area contributed by atoms with Crippen LogP contribution >= 0.6 is 0 Å². The molecule has 0 aromatic carbocycles. The van der Waals surface area contributed by atoms with Gasteiger partial charge < -0.3 is 9.47 Å². The lowest BCUT2D eigenvalue weighted by Gasteiger charge is -1.97. The van der Waals surface area contributed by atoms with Crippen LogP contribution in [0.2, 0.25) is 0 Å². The molecule has 0 N–H and O–H groups in total. The van der Waals surface area contributed by atoms with E-state index in [-0.39, 0.29) is 12.8 Å². The molecule has 0 saturated heterocycles. The Kier molecular flexibility index (Phi) is 4.58. The number of rotatable bonds is 2. The lowest BCUT2D eigenvalue weighted by Crippen LogP contribution is -2.11. The standard InChI is InChI=1S/C7H8O4/c1-3-4-5-6(8)11-7(9)10-2/h1H,4-5H2,2H3. The fraction of sp³-hybridized carbons (Fsp3) is 0.429. The molecular formula is C7H8O4. The van der Waals surface area contributed by atoms with Crippen LogP contribution in [0, 0.1) is 12.3 Å². The van der Waals surface area contributed by atoms with Crippen molar-refractivity contribution in [3.05, 3.63) is 0 Å². The normalized spacial score (nSPS) is 8.00. The molecule has 0 aromatic rings. The van der Waals surface area contributed by atoms with Gasteiger partial charge in [0.05, 0.1) is 13.5 Å². The summed E-state index contributed by atoms with van der Waals surface area (Å²) in [5.74, 6) is 1.57. The number of hydrogen-bond donors (Lipinski definition) is 0. The molecule has 11 heavy (non-hydrogen) atoms. The van der Waals surface area contributed by atoms with Gasteiger partial charge in [0, 0.05) is 6.42 Å². The number of esters is 1. The van der Waals surface area contributed by atoms with E-state index < -0.39 is 12.1 Å². The topological polar surface area (TPSA) is 52.6 Å². The molecule has 0 saturated carbocycles. The minimum Gasteiger partial charge on any atom is -0.437 e. The number of carbonyl (C=O) groups is 2. The molecule has 0 aliphatic heterocycles. The van der Waals surface area contributed by atoms with E-state index in [2.05, 4.69) is 15.4 Å². The first kappa shape index (κ1) is 9.50. The summed E-state index contributed by atoms with van der Waals surface area (Å²) in [7, 11) is 1.12. The third-order valence-corrected chi connectivity index (χ3v) is 0.837. The maximum absolute atomic E-state index is 10.6. The zero-order chi connectivity index (χ0) is 8.69. The highest BCUT2D eigenvalue weighted by molar-refractivity contribution is 5.81. The molecule has 4 heteroatoms. The van der Waals surface area contributed by atoms with Crippen molar-refractivity contribution in [3.63, 3.8) is 0 Å². The van der Waals surface area contributed by atoms with Gasteiger partial charge in [-0.1, -0.05) is 0 Å². The summed E-state index contributed by atoms with van der Waals surface area (Å²) in [5.41, 5.74) is 0. The van der Waals surface area contributed by atoms with E-state index in [0.29, 0.717) is 0 Å². The van der Waals surface area contributed by atoms with Crippen molar-refractivity contribution in [2.75, 3.05) is 7.11 Å². The second-order valence-electron chi connectivity index (χ2n) is 1.63. The Labute approximate surface area is 64.5 Å². The van der Waals surface area contributed by atoms with Gasteiger partial charge in [0.25, 0.3) is 0 Å². The van der Waals surface area contributed by atoms with Crippen LogP contribution in [-0.4, -0.2) is 19.2 Å². The van der Waals surface area contributed by atoms with E-state index in [4.69, 9.17) is 6.42 Å². The first-order valence-corrected chi connectivity index (χ1v) is 2.92. The van der Waals surface area contributed by atoms with Crippen molar-refractivity contribution in [2.24, 2.45) is 0 Å². The second-order valence-corrected chi connectivity index (χ2v) is 1.63. The van der Waals surface area contributed by atoms with Crippen LogP contribution in [0.5, 0.6) is 0 Å². The predicted molar refractivity (Wildman–Crippen MR) is 36.6 cm³/mol. The van der Waals surface area contributed by atoms with E-state index in [0.717, 1.165) is 7.11 Å². The molecule has 0 radical (unpaired) electrons. The van der Waals surface area contributed by atoms with Crippen LogP contribution in [0.15, 0.2) is 0 Å². The average molecular weight is 156 g/mol. The highest BCUT2D eigenvalue weighted by Gasteiger charge is 2.08. The number of methoxy groups -OCH3 is 1. The van der Waals surface area contributed by atoms with Gasteiger partial charge in [-0.15, -0.1) is 12.3 Å². The van der Waals surface area contributed by atoms with Gasteiger partial charge in [-0.2, -0.15) is 0 Å². The first-order chi connectivity index (χ1) is 5.20. The highest BCUT2D eigenvalue weighted by atomic mass is 16.7. The summed E-state index contributed by atoms with van der Waals surface area (Å²) in [6.07, 6.45) is 4.15. The minimum atomic E-state index is -1.01. The monoisotopic (exact) mass is 156 g/mol. The van der Waals surface area contributed by atoms with Crippen LogP contribution in [0.3, 0.4) is 0 Å². The van der Waals surface area contributed by atoms with Crippen LogP contribution in [-0.2, 0) is 14.3 Å². The van der Waals surface area contributed by atoms with Crippen molar-refractivity contribution < 1.29 is 19.1 Å². The first-order valence-electron chi connectivity index (χ1n) is 2.92. The van der Waals surface area contributed by atoms with Gasteiger partial charge in [-0.25, -0.2) is 4.79 Å². The van der Waals surface area contributed by atoms with E-state index in [1.54, 1.807) is 0 Å². The smallest absolute Gasteiger partial charge is 0.437 e. The lowest BCUT2D eigenvalue weighted by atomic mass is 10.3. The molecule has 0 aliphatic carbocycles. The van der Waals surface area contributed by atoms with Gasteiger partial charge in [0.15, 0.2) is 0 Å². The summed E-state index contributed by atoms with van der Waals surface area (Å²) in [6, 6.07) is 0. The summed E-state index contributed by atoms with van der Waals surface area (Å²) in [4.78, 5) is 20.8. The summed E-state index contributed by atoms with van der Waals surface area (Å²) < 4.78 is 8.17. The molecule has 60 valence electrons. The predicted octanol–water partition coefficient (Wildman–Crippen LogP) is 0.709. The zero-order valence-electron chi connectivity index (χ0n) is 6.12. The maximum Gasteiger partial charge on any atom is 0.515 e. The maximum atomic E-state index is 10.6. The van der Waals surface area contributed by atoms with Gasteiger partial charge in [-0.3, -0.25) is 4.79 Å². The molecule has 0 atom stereocenters. The molecule has 0 unspecified atom stereocenters.